The molecular weight excluding hydrogens is 382 g/mol. The molecule has 0 saturated heterocycles. The molecule has 0 bridgehead atoms. The predicted molar refractivity (Wildman–Crippen MR) is 116 cm³/mol. The summed E-state index contributed by atoms with van der Waals surface area (Å²) in [5.41, 5.74) is 2.31. The van der Waals surface area contributed by atoms with Crippen molar-refractivity contribution in [2.45, 2.75) is 0 Å². The van der Waals surface area contributed by atoms with Crippen molar-refractivity contribution in [1.29, 1.82) is 0 Å². The molecule has 0 aliphatic rings. The molecule has 0 aliphatic heterocycles. The molecule has 4 aromatic rings. The SMILES string of the molecule is COc1cc(-c2nc(Nc3ccc(O)cc3)c3ccccc3n2)cc(OC)c1OC. The van der Waals surface area contributed by atoms with Gasteiger partial charge in [0.25, 0.3) is 0 Å². The average Bonchev–Trinajstić information content (AvgIpc) is 2.79. The monoisotopic (exact) mass is 403 g/mol. The van der Waals surface area contributed by atoms with Crippen LogP contribution in [-0.2, 0) is 0 Å². The highest BCUT2D eigenvalue weighted by atomic mass is 16.5. The normalized spacial score (nSPS) is 10.6. The van der Waals surface area contributed by atoms with Crippen LogP contribution in [0.25, 0.3) is 22.3 Å². The van der Waals surface area contributed by atoms with E-state index in [0.717, 1.165) is 22.2 Å². The van der Waals surface area contributed by atoms with E-state index in [2.05, 4.69) is 5.32 Å². The molecule has 0 radical (unpaired) electrons. The van der Waals surface area contributed by atoms with Gasteiger partial charge in [-0.25, -0.2) is 9.97 Å². The Balaban J connectivity index is 1.87. The van der Waals surface area contributed by atoms with Gasteiger partial charge in [0.2, 0.25) is 5.75 Å². The first-order chi connectivity index (χ1) is 14.6. The van der Waals surface area contributed by atoms with E-state index in [4.69, 9.17) is 24.2 Å². The molecule has 0 amide bonds. The van der Waals surface area contributed by atoms with Crippen molar-refractivity contribution in [3.8, 4) is 34.4 Å². The van der Waals surface area contributed by atoms with Gasteiger partial charge >= 0.3 is 0 Å². The lowest BCUT2D eigenvalue weighted by molar-refractivity contribution is 0.324. The van der Waals surface area contributed by atoms with E-state index in [1.54, 1.807) is 45.6 Å². The molecule has 4 rings (SSSR count). The van der Waals surface area contributed by atoms with Gasteiger partial charge in [-0.05, 0) is 48.5 Å². The van der Waals surface area contributed by atoms with Crippen LogP contribution in [0.4, 0.5) is 11.5 Å². The van der Waals surface area contributed by atoms with E-state index in [1.165, 1.54) is 0 Å². The Labute approximate surface area is 173 Å². The fourth-order valence-corrected chi connectivity index (χ4v) is 3.19. The number of para-hydroxylation sites is 1. The number of hydrogen-bond acceptors (Lipinski definition) is 7. The third-order valence-corrected chi connectivity index (χ3v) is 4.66. The number of aromatic nitrogens is 2. The number of phenols is 1. The summed E-state index contributed by atoms with van der Waals surface area (Å²) >= 11 is 0. The summed E-state index contributed by atoms with van der Waals surface area (Å²) < 4.78 is 16.3. The van der Waals surface area contributed by atoms with Crippen molar-refractivity contribution in [2.75, 3.05) is 26.6 Å². The lowest BCUT2D eigenvalue weighted by Gasteiger charge is -2.15. The number of nitrogens with one attached hydrogen (secondary N) is 1. The zero-order chi connectivity index (χ0) is 21.1. The van der Waals surface area contributed by atoms with E-state index in [0.29, 0.717) is 28.9 Å². The molecule has 30 heavy (non-hydrogen) atoms. The highest BCUT2D eigenvalue weighted by Gasteiger charge is 2.17. The molecule has 0 spiro atoms. The van der Waals surface area contributed by atoms with Gasteiger partial charge in [-0.2, -0.15) is 0 Å². The maximum atomic E-state index is 9.54. The Bertz CT molecular complexity index is 1170. The summed E-state index contributed by atoms with van der Waals surface area (Å²) in [5.74, 6) is 2.91. The molecule has 1 aromatic heterocycles. The van der Waals surface area contributed by atoms with Gasteiger partial charge in [0.15, 0.2) is 17.3 Å². The lowest BCUT2D eigenvalue weighted by atomic mass is 10.1. The van der Waals surface area contributed by atoms with Gasteiger partial charge in [0, 0.05) is 16.6 Å². The minimum Gasteiger partial charge on any atom is -0.508 e. The van der Waals surface area contributed by atoms with E-state index in [1.807, 2.05) is 36.4 Å². The van der Waals surface area contributed by atoms with E-state index >= 15 is 0 Å². The van der Waals surface area contributed by atoms with Crippen LogP contribution in [-0.4, -0.2) is 36.4 Å². The minimum atomic E-state index is 0.200. The van der Waals surface area contributed by atoms with Gasteiger partial charge in [0.05, 0.1) is 26.8 Å². The summed E-state index contributed by atoms with van der Waals surface area (Å²) in [6.07, 6.45) is 0. The molecule has 0 fully saturated rings. The molecule has 0 saturated carbocycles. The highest BCUT2D eigenvalue weighted by Crippen LogP contribution is 2.41. The Hall–Kier alpha value is -4.00. The van der Waals surface area contributed by atoms with Crippen LogP contribution in [0.5, 0.6) is 23.0 Å². The summed E-state index contributed by atoms with van der Waals surface area (Å²) in [6.45, 7) is 0. The summed E-state index contributed by atoms with van der Waals surface area (Å²) in [5, 5.41) is 13.7. The second-order valence-corrected chi connectivity index (χ2v) is 6.50. The summed E-state index contributed by atoms with van der Waals surface area (Å²) in [7, 11) is 4.70. The van der Waals surface area contributed by atoms with Gasteiger partial charge in [-0.3, -0.25) is 0 Å². The number of aromatic hydroxyl groups is 1. The molecule has 0 aliphatic carbocycles. The quantitative estimate of drug-likeness (QED) is 0.449. The Kier molecular flexibility index (Phi) is 5.26. The van der Waals surface area contributed by atoms with Gasteiger partial charge in [-0.15, -0.1) is 0 Å². The topological polar surface area (TPSA) is 85.7 Å². The van der Waals surface area contributed by atoms with Crippen LogP contribution in [0.1, 0.15) is 0 Å². The molecule has 2 N–H and O–H groups in total. The first-order valence-corrected chi connectivity index (χ1v) is 9.26. The van der Waals surface area contributed by atoms with E-state index < -0.39 is 0 Å². The minimum absolute atomic E-state index is 0.200. The van der Waals surface area contributed by atoms with Crippen LogP contribution in [0.2, 0.25) is 0 Å². The molecule has 1 heterocycles. The van der Waals surface area contributed by atoms with Crippen molar-refractivity contribution in [3.63, 3.8) is 0 Å². The predicted octanol–water partition coefficient (Wildman–Crippen LogP) is 4.77. The van der Waals surface area contributed by atoms with Gasteiger partial charge < -0.3 is 24.6 Å². The number of methoxy groups -OCH3 is 3. The fourth-order valence-electron chi connectivity index (χ4n) is 3.19. The second kappa shape index (κ2) is 8.16. The molecule has 7 heteroatoms. The van der Waals surface area contributed by atoms with Crippen molar-refractivity contribution in [1.82, 2.24) is 9.97 Å². The summed E-state index contributed by atoms with van der Waals surface area (Å²) in [4.78, 5) is 9.48. The lowest BCUT2D eigenvalue weighted by Crippen LogP contribution is -2.01. The highest BCUT2D eigenvalue weighted by molar-refractivity contribution is 5.92. The first kappa shape index (κ1) is 19.3. The van der Waals surface area contributed by atoms with Crippen molar-refractivity contribution < 1.29 is 19.3 Å². The summed E-state index contributed by atoms with van der Waals surface area (Å²) in [6, 6.07) is 18.2. The molecule has 152 valence electrons. The number of benzene rings is 3. The second-order valence-electron chi connectivity index (χ2n) is 6.50. The van der Waals surface area contributed by atoms with Crippen LogP contribution in [0.15, 0.2) is 60.7 Å². The van der Waals surface area contributed by atoms with Crippen molar-refractivity contribution >= 4 is 22.4 Å². The van der Waals surface area contributed by atoms with Crippen LogP contribution in [0.3, 0.4) is 0 Å². The average molecular weight is 403 g/mol. The Morgan fingerprint density at radius 1 is 0.800 bits per heavy atom. The zero-order valence-electron chi connectivity index (χ0n) is 16.8. The standard InChI is InChI=1S/C23H21N3O4/c1-28-19-12-14(13-20(29-2)21(19)30-3)22-25-18-7-5-4-6-17(18)23(26-22)24-15-8-10-16(27)11-9-15/h4-13,27H,1-3H3,(H,24,25,26). The fraction of sp³-hybridized carbons (Fsp3) is 0.130. The van der Waals surface area contributed by atoms with Crippen LogP contribution >= 0.6 is 0 Å². The molecule has 0 atom stereocenters. The molecule has 3 aromatic carbocycles. The maximum absolute atomic E-state index is 9.54. The number of rotatable bonds is 6. The Morgan fingerprint density at radius 2 is 1.47 bits per heavy atom. The van der Waals surface area contributed by atoms with Crippen LogP contribution in [0, 0.1) is 0 Å². The van der Waals surface area contributed by atoms with Gasteiger partial charge in [0.1, 0.15) is 11.6 Å². The number of ether oxygens (including phenoxy) is 3. The van der Waals surface area contributed by atoms with E-state index in [9.17, 15) is 5.11 Å². The zero-order valence-corrected chi connectivity index (χ0v) is 16.8. The third-order valence-electron chi connectivity index (χ3n) is 4.66. The number of hydrogen-bond donors (Lipinski definition) is 2. The van der Waals surface area contributed by atoms with Crippen molar-refractivity contribution in [2.24, 2.45) is 0 Å². The smallest absolute Gasteiger partial charge is 0.203 e. The molecule has 7 nitrogen and oxygen atoms in total. The maximum Gasteiger partial charge on any atom is 0.203 e. The van der Waals surface area contributed by atoms with Gasteiger partial charge in [-0.1, -0.05) is 12.1 Å². The first-order valence-electron chi connectivity index (χ1n) is 9.26. The number of anilines is 2. The molecular formula is C23H21N3O4. The molecule has 0 unspecified atom stereocenters. The van der Waals surface area contributed by atoms with E-state index in [-0.39, 0.29) is 5.75 Å². The number of phenolic OH excluding ortho intramolecular Hbond substituents is 1. The third kappa shape index (κ3) is 3.65. The Morgan fingerprint density at radius 3 is 2.10 bits per heavy atom. The largest absolute Gasteiger partial charge is 0.508 e. The number of fused-ring (bicyclic) bond motifs is 1. The van der Waals surface area contributed by atoms with Crippen LogP contribution < -0.4 is 19.5 Å². The number of nitrogens with zero attached hydrogens (tertiary/aromatic N) is 2. The van der Waals surface area contributed by atoms with Crippen molar-refractivity contribution in [3.05, 3.63) is 60.7 Å².